The van der Waals surface area contributed by atoms with Gasteiger partial charge in [-0.1, -0.05) is 16.8 Å². The molecule has 8 nitrogen and oxygen atoms in total. The van der Waals surface area contributed by atoms with Gasteiger partial charge in [-0.2, -0.15) is 0 Å². The predicted molar refractivity (Wildman–Crippen MR) is 74.1 cm³/mol. The van der Waals surface area contributed by atoms with Crippen LogP contribution >= 0.6 is 11.6 Å². The van der Waals surface area contributed by atoms with Gasteiger partial charge in [-0.3, -0.25) is 19.3 Å². The summed E-state index contributed by atoms with van der Waals surface area (Å²) in [6.07, 6.45) is 0.568. The number of carbonyl (C=O) groups excluding carboxylic acids is 1. The number of halogens is 1. The average Bonchev–Trinajstić information content (AvgIpc) is 3.00. The minimum Gasteiger partial charge on any atom is -0.406 e. The maximum Gasteiger partial charge on any atom is 0.438 e. The van der Waals surface area contributed by atoms with Crippen LogP contribution in [0.1, 0.15) is 28.5 Å². The molecule has 0 bridgehead atoms. The van der Waals surface area contributed by atoms with Gasteiger partial charge in [0.25, 0.3) is 0 Å². The van der Waals surface area contributed by atoms with Gasteiger partial charge in [0, 0.05) is 17.4 Å². The zero-order chi connectivity index (χ0) is 15.4. The van der Waals surface area contributed by atoms with Crippen LogP contribution in [0.5, 0.6) is 0 Å². The Hall–Kier alpha value is -2.61. The van der Waals surface area contributed by atoms with E-state index in [2.05, 4.69) is 19.6 Å². The normalized spacial score (nSPS) is 20.4. The molecule has 1 aliphatic carbocycles. The maximum absolute atomic E-state index is 12.5. The van der Waals surface area contributed by atoms with Gasteiger partial charge in [-0.25, -0.2) is 9.59 Å². The lowest BCUT2D eigenvalue weighted by Gasteiger charge is -2.01. The molecule has 0 aliphatic heterocycles. The number of hydrogen-bond acceptors (Lipinski definition) is 6. The molecule has 1 saturated carbocycles. The van der Waals surface area contributed by atoms with Crippen molar-refractivity contribution in [3.8, 4) is 0 Å². The number of rotatable bonds is 3. The number of ketones is 1. The molecule has 1 aliphatic rings. The van der Waals surface area contributed by atoms with E-state index in [9.17, 15) is 14.4 Å². The first-order valence-corrected chi connectivity index (χ1v) is 6.83. The van der Waals surface area contributed by atoms with Crippen LogP contribution in [0.15, 0.2) is 30.7 Å². The first-order valence-electron chi connectivity index (χ1n) is 6.45. The zero-order valence-corrected chi connectivity index (χ0v) is 11.6. The molecule has 2 atom stereocenters. The van der Waals surface area contributed by atoms with Crippen LogP contribution in [0.3, 0.4) is 0 Å². The van der Waals surface area contributed by atoms with Gasteiger partial charge in [-0.15, -0.1) is 0 Å². The van der Waals surface area contributed by atoms with E-state index in [1.54, 1.807) is 0 Å². The summed E-state index contributed by atoms with van der Waals surface area (Å²) in [6, 6.07) is 2.99. The third kappa shape index (κ3) is 2.00. The number of H-pyrrole nitrogens is 2. The SMILES string of the molecule is O=C(c1cc(Cl)c2oc(=O)[nH]c2c1)[C@H]1C[C@@H]1c1noc(=O)[nH]1. The topological polar surface area (TPSA) is 122 Å². The Balaban J connectivity index is 1.66. The van der Waals surface area contributed by atoms with E-state index in [4.69, 9.17) is 16.0 Å². The predicted octanol–water partition coefficient (Wildman–Crippen LogP) is 1.44. The molecular weight excluding hydrogens is 314 g/mol. The highest BCUT2D eigenvalue weighted by Gasteiger charge is 2.46. The molecule has 2 N–H and O–H groups in total. The maximum atomic E-state index is 12.5. The molecule has 0 saturated heterocycles. The summed E-state index contributed by atoms with van der Waals surface area (Å²) in [4.78, 5) is 39.5. The number of carbonyl (C=O) groups is 1. The van der Waals surface area contributed by atoms with Gasteiger partial charge in [-0.05, 0) is 18.6 Å². The Bertz CT molecular complexity index is 1010. The number of benzene rings is 1. The highest BCUT2D eigenvalue weighted by molar-refractivity contribution is 6.35. The summed E-state index contributed by atoms with van der Waals surface area (Å²) >= 11 is 6.02. The minimum absolute atomic E-state index is 0.139. The number of nitrogens with zero attached hydrogens (tertiary/aromatic N) is 1. The largest absolute Gasteiger partial charge is 0.438 e. The standard InChI is InChI=1S/C13H8ClN3O5/c14-7-1-4(2-8-10(7)21-12(19)15-8)9(18)5-3-6(5)11-16-13(20)22-17-11/h1-2,5-6H,3H2,(H,15,19)(H,16,17,20)/t5-,6-/m0/s1. The second-order valence-corrected chi connectivity index (χ2v) is 5.55. The molecule has 0 unspecified atom stereocenters. The van der Waals surface area contributed by atoms with Crippen LogP contribution in [0.25, 0.3) is 11.1 Å². The Kier molecular flexibility index (Phi) is 2.64. The van der Waals surface area contributed by atoms with E-state index < -0.39 is 11.5 Å². The number of aromatic nitrogens is 3. The number of aromatic amines is 2. The van der Waals surface area contributed by atoms with Crippen LogP contribution in [0.2, 0.25) is 5.02 Å². The van der Waals surface area contributed by atoms with Crippen molar-refractivity contribution in [3.05, 3.63) is 49.6 Å². The number of oxazole rings is 1. The van der Waals surface area contributed by atoms with Crippen LogP contribution in [0, 0.1) is 5.92 Å². The lowest BCUT2D eigenvalue weighted by atomic mass is 10.1. The van der Waals surface area contributed by atoms with Crippen LogP contribution in [-0.2, 0) is 0 Å². The van der Waals surface area contributed by atoms with Crippen LogP contribution in [0.4, 0.5) is 0 Å². The molecule has 0 radical (unpaired) electrons. The molecule has 1 aromatic carbocycles. The lowest BCUT2D eigenvalue weighted by Crippen LogP contribution is -2.04. The van der Waals surface area contributed by atoms with Gasteiger partial charge >= 0.3 is 11.5 Å². The molecule has 2 heterocycles. The fraction of sp³-hybridized carbons (Fsp3) is 0.231. The molecule has 4 rings (SSSR count). The second kappa shape index (κ2) is 4.44. The van der Waals surface area contributed by atoms with E-state index in [-0.39, 0.29) is 28.2 Å². The Labute approximate surface area is 126 Å². The van der Waals surface area contributed by atoms with Crippen molar-refractivity contribution in [1.29, 1.82) is 0 Å². The first-order chi connectivity index (χ1) is 10.5. The number of Topliss-reactive ketones (excluding diaryl/α,β-unsaturated/α-hetero) is 1. The van der Waals surface area contributed by atoms with E-state index in [1.807, 2.05) is 0 Å². The van der Waals surface area contributed by atoms with Crippen molar-refractivity contribution in [1.82, 2.24) is 15.1 Å². The highest BCUT2D eigenvalue weighted by atomic mass is 35.5. The summed E-state index contributed by atoms with van der Waals surface area (Å²) in [5, 5.41) is 3.78. The van der Waals surface area contributed by atoms with Crippen molar-refractivity contribution >= 4 is 28.5 Å². The molecule has 3 aromatic rings. The summed E-state index contributed by atoms with van der Waals surface area (Å²) in [6.45, 7) is 0. The van der Waals surface area contributed by atoms with Gasteiger partial charge in [0.2, 0.25) is 0 Å². The smallest absolute Gasteiger partial charge is 0.406 e. The molecule has 2 aromatic heterocycles. The van der Waals surface area contributed by atoms with E-state index >= 15 is 0 Å². The van der Waals surface area contributed by atoms with Crippen molar-refractivity contribution < 1.29 is 13.7 Å². The molecule has 112 valence electrons. The fourth-order valence-electron chi connectivity index (χ4n) is 2.56. The van der Waals surface area contributed by atoms with Gasteiger partial charge in [0.05, 0.1) is 10.5 Å². The van der Waals surface area contributed by atoms with Gasteiger partial charge < -0.3 is 4.42 Å². The monoisotopic (exact) mass is 321 g/mol. The highest BCUT2D eigenvalue weighted by Crippen LogP contribution is 2.47. The molecule has 22 heavy (non-hydrogen) atoms. The molecule has 0 amide bonds. The third-order valence-electron chi connectivity index (χ3n) is 3.70. The Morgan fingerprint density at radius 2 is 2.09 bits per heavy atom. The van der Waals surface area contributed by atoms with Crippen molar-refractivity contribution in [2.75, 3.05) is 0 Å². The average molecular weight is 322 g/mol. The Morgan fingerprint density at radius 3 is 2.82 bits per heavy atom. The van der Waals surface area contributed by atoms with Crippen LogP contribution < -0.4 is 11.5 Å². The third-order valence-corrected chi connectivity index (χ3v) is 3.98. The van der Waals surface area contributed by atoms with E-state index in [0.29, 0.717) is 23.3 Å². The molecular formula is C13H8ClN3O5. The molecule has 9 heteroatoms. The molecule has 0 spiro atoms. The van der Waals surface area contributed by atoms with Gasteiger partial charge in [0.15, 0.2) is 17.2 Å². The quantitative estimate of drug-likeness (QED) is 0.704. The lowest BCUT2D eigenvalue weighted by molar-refractivity contribution is 0.0965. The summed E-state index contributed by atoms with van der Waals surface area (Å²) in [5.74, 6) is -1.52. The first kappa shape index (κ1) is 13.1. The van der Waals surface area contributed by atoms with Gasteiger partial charge in [0.1, 0.15) is 0 Å². The van der Waals surface area contributed by atoms with E-state index in [0.717, 1.165) is 0 Å². The summed E-state index contributed by atoms with van der Waals surface area (Å²) < 4.78 is 9.32. The zero-order valence-electron chi connectivity index (χ0n) is 10.9. The van der Waals surface area contributed by atoms with Crippen LogP contribution in [-0.4, -0.2) is 20.9 Å². The second-order valence-electron chi connectivity index (χ2n) is 5.14. The van der Waals surface area contributed by atoms with Crippen molar-refractivity contribution in [2.24, 2.45) is 5.92 Å². The van der Waals surface area contributed by atoms with Crippen molar-refractivity contribution in [3.63, 3.8) is 0 Å². The van der Waals surface area contributed by atoms with Crippen molar-refractivity contribution in [2.45, 2.75) is 12.3 Å². The summed E-state index contributed by atoms with van der Waals surface area (Å²) in [7, 11) is 0. The number of nitrogens with one attached hydrogen (secondary N) is 2. The summed E-state index contributed by atoms with van der Waals surface area (Å²) in [5.41, 5.74) is 0.956. The van der Waals surface area contributed by atoms with E-state index in [1.165, 1.54) is 12.1 Å². The minimum atomic E-state index is -0.645. The number of fused-ring (bicyclic) bond motifs is 1. The Morgan fingerprint density at radius 1 is 1.27 bits per heavy atom. The fourth-order valence-corrected chi connectivity index (χ4v) is 2.82. The molecule has 1 fully saturated rings. The number of hydrogen-bond donors (Lipinski definition) is 2.